The van der Waals surface area contributed by atoms with Crippen LogP contribution >= 0.6 is 11.5 Å². The summed E-state index contributed by atoms with van der Waals surface area (Å²) in [6, 6.07) is 10.9. The van der Waals surface area contributed by atoms with E-state index < -0.39 is 29.6 Å². The third-order valence-corrected chi connectivity index (χ3v) is 7.30. The Bertz CT molecular complexity index is 1290. The topological polar surface area (TPSA) is 141 Å². The monoisotopic (exact) mass is 539 g/mol. The third-order valence-electron chi connectivity index (χ3n) is 6.44. The predicted molar refractivity (Wildman–Crippen MR) is 144 cm³/mol. The number of benzene rings is 2. The van der Waals surface area contributed by atoms with E-state index in [0.717, 1.165) is 43.6 Å². The van der Waals surface area contributed by atoms with Crippen LogP contribution in [0.4, 0.5) is 15.8 Å². The highest BCUT2D eigenvalue weighted by Crippen LogP contribution is 2.34. The minimum atomic E-state index is -1.17. The Labute approximate surface area is 224 Å². The van der Waals surface area contributed by atoms with Gasteiger partial charge >= 0.3 is 0 Å². The van der Waals surface area contributed by atoms with Gasteiger partial charge in [0.1, 0.15) is 22.5 Å². The summed E-state index contributed by atoms with van der Waals surface area (Å²) in [7, 11) is 0. The van der Waals surface area contributed by atoms with E-state index >= 15 is 0 Å². The summed E-state index contributed by atoms with van der Waals surface area (Å²) in [6.07, 6.45) is 4.78. The molecule has 11 heteroatoms. The standard InChI is InChI=1S/C27H30FN5O4S/c1-2-37-20-14-12-19(13-15-20)33(27(36)24-21(29)22(25(30)34)32-38-24)23(16-8-10-17(28)11-9-16)26(35)31-18-6-4-3-5-7-18/h8-15,18,23H,2-7,29H2,1H3,(H2,30,34)(H,31,35). The van der Waals surface area contributed by atoms with Crippen LogP contribution in [0.2, 0.25) is 0 Å². The molecule has 1 aliphatic rings. The molecule has 5 N–H and O–H groups in total. The number of aromatic nitrogens is 1. The molecule has 3 amide bonds. The Kier molecular flexibility index (Phi) is 8.57. The SMILES string of the molecule is CCOc1ccc(N(C(=O)c2snc(C(N)=O)c2N)C(C(=O)NC2CCCCC2)c2ccc(F)cc2)cc1. The summed E-state index contributed by atoms with van der Waals surface area (Å²) in [4.78, 5) is 41.0. The van der Waals surface area contributed by atoms with Crippen molar-refractivity contribution in [3.8, 4) is 5.75 Å². The van der Waals surface area contributed by atoms with Gasteiger partial charge in [-0.1, -0.05) is 31.4 Å². The van der Waals surface area contributed by atoms with Gasteiger partial charge in [-0.3, -0.25) is 19.3 Å². The molecule has 4 rings (SSSR count). The van der Waals surface area contributed by atoms with Crippen LogP contribution in [0.5, 0.6) is 5.75 Å². The number of ether oxygens (including phenoxy) is 1. The molecular weight excluding hydrogens is 509 g/mol. The number of anilines is 2. The number of amides is 3. The van der Waals surface area contributed by atoms with Crippen molar-refractivity contribution in [3.63, 3.8) is 0 Å². The molecule has 0 saturated heterocycles. The van der Waals surface area contributed by atoms with Gasteiger partial charge in [-0.05, 0) is 73.3 Å². The highest BCUT2D eigenvalue weighted by Gasteiger charge is 2.37. The zero-order valence-corrected chi connectivity index (χ0v) is 21.8. The van der Waals surface area contributed by atoms with Gasteiger partial charge in [0.15, 0.2) is 5.69 Å². The number of carbonyl (C=O) groups excluding carboxylic acids is 3. The molecule has 9 nitrogen and oxygen atoms in total. The zero-order chi connectivity index (χ0) is 27.2. The summed E-state index contributed by atoms with van der Waals surface area (Å²) in [5.41, 5.74) is 11.9. The quantitative estimate of drug-likeness (QED) is 0.372. The van der Waals surface area contributed by atoms with Crippen LogP contribution in [0.1, 0.15) is 70.8 Å². The molecule has 1 aliphatic carbocycles. The second kappa shape index (κ2) is 12.0. The number of nitrogens with zero attached hydrogens (tertiary/aromatic N) is 2. The van der Waals surface area contributed by atoms with Gasteiger partial charge in [0.05, 0.1) is 12.3 Å². The van der Waals surface area contributed by atoms with Gasteiger partial charge in [-0.25, -0.2) is 4.39 Å². The largest absolute Gasteiger partial charge is 0.494 e. The van der Waals surface area contributed by atoms with Crippen LogP contribution in [0, 0.1) is 5.82 Å². The van der Waals surface area contributed by atoms with Crippen molar-refractivity contribution < 1.29 is 23.5 Å². The lowest BCUT2D eigenvalue weighted by molar-refractivity contribution is -0.123. The average Bonchev–Trinajstić information content (AvgIpc) is 3.30. The van der Waals surface area contributed by atoms with E-state index in [1.54, 1.807) is 24.3 Å². The lowest BCUT2D eigenvalue weighted by Crippen LogP contribution is -2.47. The van der Waals surface area contributed by atoms with Crippen LogP contribution in [-0.2, 0) is 4.79 Å². The van der Waals surface area contributed by atoms with Gasteiger partial charge in [-0.2, -0.15) is 4.37 Å². The molecule has 0 bridgehead atoms. The first-order valence-corrected chi connectivity index (χ1v) is 13.2. The van der Waals surface area contributed by atoms with Gasteiger partial charge in [-0.15, -0.1) is 0 Å². The lowest BCUT2D eigenvalue weighted by atomic mass is 9.94. The molecule has 200 valence electrons. The number of halogens is 1. The Balaban J connectivity index is 1.82. The van der Waals surface area contributed by atoms with Gasteiger partial charge in [0, 0.05) is 11.7 Å². The summed E-state index contributed by atoms with van der Waals surface area (Å²) in [5.74, 6) is -1.82. The smallest absolute Gasteiger partial charge is 0.273 e. The number of rotatable bonds is 9. The van der Waals surface area contributed by atoms with Crippen LogP contribution in [0.15, 0.2) is 48.5 Å². The Hall–Kier alpha value is -3.99. The van der Waals surface area contributed by atoms with E-state index in [9.17, 15) is 18.8 Å². The Morgan fingerprint density at radius 2 is 1.76 bits per heavy atom. The maximum atomic E-state index is 14.1. The number of nitrogens with two attached hydrogens (primary N) is 2. The molecule has 1 atom stereocenters. The Morgan fingerprint density at radius 1 is 1.11 bits per heavy atom. The average molecular weight is 540 g/mol. The second-order valence-corrected chi connectivity index (χ2v) is 9.81. The predicted octanol–water partition coefficient (Wildman–Crippen LogP) is 4.20. The summed E-state index contributed by atoms with van der Waals surface area (Å²) in [6.45, 7) is 2.31. The summed E-state index contributed by atoms with van der Waals surface area (Å²) >= 11 is 0.726. The van der Waals surface area contributed by atoms with Crippen molar-refractivity contribution in [3.05, 3.63) is 70.5 Å². The molecule has 1 unspecified atom stereocenters. The number of hydrogen-bond donors (Lipinski definition) is 3. The Morgan fingerprint density at radius 3 is 2.34 bits per heavy atom. The van der Waals surface area contributed by atoms with Crippen molar-refractivity contribution in [2.24, 2.45) is 5.73 Å². The molecule has 38 heavy (non-hydrogen) atoms. The van der Waals surface area contributed by atoms with Gasteiger partial charge in [0.25, 0.3) is 11.8 Å². The van der Waals surface area contributed by atoms with Crippen LogP contribution in [-0.4, -0.2) is 34.7 Å². The number of primary amides is 1. The van der Waals surface area contributed by atoms with Crippen LogP contribution in [0.25, 0.3) is 0 Å². The fourth-order valence-electron chi connectivity index (χ4n) is 4.58. The molecule has 1 heterocycles. The zero-order valence-electron chi connectivity index (χ0n) is 21.0. The fraction of sp³-hybridized carbons (Fsp3) is 0.333. The van der Waals surface area contributed by atoms with Crippen molar-refractivity contribution in [2.45, 2.75) is 51.1 Å². The first kappa shape index (κ1) is 27.1. The molecular formula is C27H30FN5O4S. The number of carbonyl (C=O) groups is 3. The van der Waals surface area contributed by atoms with Crippen molar-refractivity contribution >= 4 is 40.6 Å². The maximum Gasteiger partial charge on any atom is 0.273 e. The molecule has 0 spiro atoms. The highest BCUT2D eigenvalue weighted by atomic mass is 32.1. The summed E-state index contributed by atoms with van der Waals surface area (Å²) in [5, 5.41) is 3.09. The molecule has 1 aromatic heterocycles. The molecule has 1 saturated carbocycles. The van der Waals surface area contributed by atoms with Gasteiger partial charge < -0.3 is 21.5 Å². The van der Waals surface area contributed by atoms with Gasteiger partial charge in [0.2, 0.25) is 5.91 Å². The van der Waals surface area contributed by atoms with E-state index in [4.69, 9.17) is 16.2 Å². The normalized spacial score (nSPS) is 14.5. The van der Waals surface area contributed by atoms with Crippen molar-refractivity contribution in [2.75, 3.05) is 17.2 Å². The molecule has 2 aromatic carbocycles. The van der Waals surface area contributed by atoms with E-state index in [1.807, 2.05) is 6.92 Å². The minimum Gasteiger partial charge on any atom is -0.494 e. The fourth-order valence-corrected chi connectivity index (χ4v) is 5.32. The number of hydrogen-bond acceptors (Lipinski definition) is 7. The third kappa shape index (κ3) is 5.94. The van der Waals surface area contributed by atoms with Crippen LogP contribution in [0.3, 0.4) is 0 Å². The maximum absolute atomic E-state index is 14.1. The molecule has 0 aliphatic heterocycles. The van der Waals surface area contributed by atoms with E-state index in [1.165, 1.54) is 29.2 Å². The summed E-state index contributed by atoms with van der Waals surface area (Å²) < 4.78 is 23.4. The number of nitrogens with one attached hydrogen (secondary N) is 1. The molecule has 0 radical (unpaired) electrons. The van der Waals surface area contributed by atoms with E-state index in [-0.39, 0.29) is 22.3 Å². The molecule has 1 fully saturated rings. The van der Waals surface area contributed by atoms with E-state index in [2.05, 4.69) is 9.69 Å². The second-order valence-electron chi connectivity index (χ2n) is 9.04. The first-order chi connectivity index (χ1) is 18.3. The highest BCUT2D eigenvalue weighted by molar-refractivity contribution is 7.09. The van der Waals surface area contributed by atoms with Crippen molar-refractivity contribution in [1.82, 2.24) is 9.69 Å². The number of nitrogen functional groups attached to an aromatic ring is 1. The van der Waals surface area contributed by atoms with Crippen LogP contribution < -0.4 is 26.4 Å². The first-order valence-electron chi connectivity index (χ1n) is 12.5. The minimum absolute atomic E-state index is 0.0357. The van der Waals surface area contributed by atoms with E-state index in [0.29, 0.717) is 23.6 Å². The lowest BCUT2D eigenvalue weighted by Gasteiger charge is -2.33. The molecule has 3 aromatic rings. The van der Waals surface area contributed by atoms with Crippen molar-refractivity contribution in [1.29, 1.82) is 0 Å².